The standard InChI is InChI=1S/C42H36N2O.C40H32N2O.C36H24N2O/c1-41(2,3)28-15-17-31-33(22-28)34-23-29(42(4,5)6)16-18-32(34)40-39(31)43-24-36(44-40)27-11-9-10-25(20-27)26-14-19-38-35(21-26)30-12-7-8-13-37(30)45-38;1-23(2)25-12-15-31-33(19-25)34-20-26(24(3)4)13-16-32(34)40-39(31)41-22-36(42-40)29-9-7-8-27(18-29)28-14-17-38-35(21-28)30-10-5-6-11-37(30)43-38;1-21-10-13-27-29(16-21)30-17-22(2)11-14-28(30)36-35(27)37-20-32(38-36)25-7-5-6-23(18-25)24-12-15-34-31(19-24)26-8-3-4-9-33(26)39-34/h7-24H,1-6H3;5-24H,1-4H3;3-20H,1-2H3. The lowest BCUT2D eigenvalue weighted by molar-refractivity contribution is 0.590. The van der Waals surface area contributed by atoms with Crippen molar-refractivity contribution in [3.05, 3.63) is 361 Å². The predicted molar refractivity (Wildman–Crippen MR) is 533 cm³/mol. The van der Waals surface area contributed by atoms with Gasteiger partial charge in [0.05, 0.1) is 68.8 Å². The monoisotopic (exact) mass is 1640 g/mol. The highest BCUT2D eigenvalue weighted by atomic mass is 16.3. The molecule has 0 bridgehead atoms. The van der Waals surface area contributed by atoms with E-state index < -0.39 is 0 Å². The molecule has 0 N–H and O–H groups in total. The maximum Gasteiger partial charge on any atom is 0.135 e. The second-order valence-electron chi connectivity index (χ2n) is 37.1. The second-order valence-corrected chi connectivity index (χ2v) is 37.1. The van der Waals surface area contributed by atoms with E-state index in [1.165, 1.54) is 65.7 Å². The van der Waals surface area contributed by atoms with Crippen molar-refractivity contribution in [3.63, 3.8) is 0 Å². The summed E-state index contributed by atoms with van der Waals surface area (Å²) in [4.78, 5) is 31.0. The summed E-state index contributed by atoms with van der Waals surface area (Å²) in [6.07, 6.45) is 5.77. The van der Waals surface area contributed by atoms with Crippen LogP contribution in [0.25, 0.3) is 231 Å². The summed E-state index contributed by atoms with van der Waals surface area (Å²) in [7, 11) is 0. The molecule has 0 atom stereocenters. The summed E-state index contributed by atoms with van der Waals surface area (Å²) in [5.74, 6) is 0.903. The minimum Gasteiger partial charge on any atom is -0.456 e. The van der Waals surface area contributed by atoms with Gasteiger partial charge in [0.2, 0.25) is 0 Å². The van der Waals surface area contributed by atoms with E-state index in [4.69, 9.17) is 43.2 Å². The quantitative estimate of drug-likeness (QED) is 0.137. The molecule has 6 aromatic heterocycles. The van der Waals surface area contributed by atoms with Crippen molar-refractivity contribution >= 4 is 164 Å². The molecule has 0 fully saturated rings. The van der Waals surface area contributed by atoms with Crippen molar-refractivity contribution in [3.8, 4) is 67.2 Å². The molecule has 0 saturated heterocycles. The maximum atomic E-state index is 6.07. The van der Waals surface area contributed by atoms with Crippen LogP contribution in [-0.2, 0) is 10.8 Å². The molecule has 0 aliphatic carbocycles. The number of aryl methyl sites for hydroxylation is 2. The van der Waals surface area contributed by atoms with E-state index in [1.807, 2.05) is 55.0 Å². The van der Waals surface area contributed by atoms with Gasteiger partial charge in [0, 0.05) is 81.3 Å². The number of hydrogen-bond donors (Lipinski definition) is 0. The number of nitrogens with zero attached hydrogens (tertiary/aromatic N) is 6. The third kappa shape index (κ3) is 13.9. The fraction of sp³-hybridized carbons (Fsp3) is 0.136. The molecule has 6 heterocycles. The van der Waals surface area contributed by atoms with Gasteiger partial charge < -0.3 is 13.3 Å². The number of rotatable bonds is 8. The third-order valence-corrected chi connectivity index (χ3v) is 25.9. The number of hydrogen-bond acceptors (Lipinski definition) is 9. The van der Waals surface area contributed by atoms with Gasteiger partial charge in [-0.15, -0.1) is 0 Å². The molecule has 9 nitrogen and oxygen atoms in total. The molecule has 0 aliphatic heterocycles. The van der Waals surface area contributed by atoms with E-state index in [2.05, 4.69) is 356 Å². The largest absolute Gasteiger partial charge is 0.456 e. The minimum atomic E-state index is 0.0385. The molecule has 612 valence electrons. The highest BCUT2D eigenvalue weighted by Crippen LogP contribution is 2.45. The summed E-state index contributed by atoms with van der Waals surface area (Å²) < 4.78 is 18.2. The first-order chi connectivity index (χ1) is 61.6. The first kappa shape index (κ1) is 78.0. The van der Waals surface area contributed by atoms with Crippen LogP contribution in [0.3, 0.4) is 0 Å². The van der Waals surface area contributed by atoms with Crippen LogP contribution in [0.4, 0.5) is 0 Å². The molecule has 24 rings (SSSR count). The summed E-state index contributed by atoms with van der Waals surface area (Å²) in [6, 6.07) is 110. The number of furan rings is 3. The van der Waals surface area contributed by atoms with Crippen molar-refractivity contribution in [2.75, 3.05) is 0 Å². The Morgan fingerprint density at radius 1 is 0.213 bits per heavy atom. The molecule has 0 amide bonds. The van der Waals surface area contributed by atoms with E-state index in [-0.39, 0.29) is 10.8 Å². The Hall–Kier alpha value is -15.1. The van der Waals surface area contributed by atoms with E-state index in [1.54, 1.807) is 0 Å². The molecular weight excluding hydrogens is 1550 g/mol. The zero-order valence-corrected chi connectivity index (χ0v) is 73.2. The van der Waals surface area contributed by atoms with E-state index in [9.17, 15) is 0 Å². The molecule has 0 radical (unpaired) electrons. The molecule has 0 spiro atoms. The molecule has 0 saturated carbocycles. The van der Waals surface area contributed by atoms with Crippen LogP contribution >= 0.6 is 0 Å². The smallest absolute Gasteiger partial charge is 0.135 e. The lowest BCUT2D eigenvalue weighted by Crippen LogP contribution is -2.11. The first-order valence-corrected chi connectivity index (χ1v) is 44.1. The van der Waals surface area contributed by atoms with Crippen molar-refractivity contribution in [2.24, 2.45) is 0 Å². The minimum absolute atomic E-state index is 0.0385. The number of para-hydroxylation sites is 3. The lowest BCUT2D eigenvalue weighted by atomic mass is 9.83. The predicted octanol–water partition coefficient (Wildman–Crippen LogP) is 33.0. The van der Waals surface area contributed by atoms with Crippen LogP contribution in [0.5, 0.6) is 0 Å². The number of fused-ring (bicyclic) bond motifs is 27. The molecule has 0 aliphatic rings. The van der Waals surface area contributed by atoms with Crippen molar-refractivity contribution in [1.29, 1.82) is 0 Å². The van der Waals surface area contributed by atoms with Gasteiger partial charge in [0.1, 0.15) is 33.5 Å². The van der Waals surface area contributed by atoms with Crippen LogP contribution in [0.15, 0.2) is 341 Å². The highest BCUT2D eigenvalue weighted by Gasteiger charge is 2.24. The fourth-order valence-electron chi connectivity index (χ4n) is 18.8. The Balaban J connectivity index is 0.000000113. The van der Waals surface area contributed by atoms with Gasteiger partial charge in [-0.25, -0.2) is 15.0 Å². The van der Waals surface area contributed by atoms with Crippen molar-refractivity contribution in [2.45, 2.75) is 106 Å². The molecule has 18 aromatic carbocycles. The lowest BCUT2D eigenvalue weighted by Gasteiger charge is -2.22. The highest BCUT2D eigenvalue weighted by molar-refractivity contribution is 6.26. The average molecular weight is 1640 g/mol. The Labute approximate surface area is 736 Å². The van der Waals surface area contributed by atoms with Crippen molar-refractivity contribution in [1.82, 2.24) is 29.9 Å². The zero-order chi connectivity index (χ0) is 86.4. The van der Waals surface area contributed by atoms with Crippen LogP contribution in [0, 0.1) is 13.8 Å². The van der Waals surface area contributed by atoms with Gasteiger partial charge in [0.15, 0.2) is 0 Å². The summed E-state index contributed by atoms with van der Waals surface area (Å²) >= 11 is 0. The number of aromatic nitrogens is 6. The van der Waals surface area contributed by atoms with Gasteiger partial charge in [-0.2, -0.15) is 0 Å². The normalized spacial score (nSPS) is 12.2. The summed E-state index contributed by atoms with van der Waals surface area (Å²) in [5, 5.41) is 21.1. The zero-order valence-electron chi connectivity index (χ0n) is 73.2. The molecule has 0 unspecified atom stereocenters. The Bertz CT molecular complexity index is 8670. The van der Waals surface area contributed by atoms with Gasteiger partial charge in [0.25, 0.3) is 0 Å². The van der Waals surface area contributed by atoms with E-state index >= 15 is 0 Å². The summed E-state index contributed by atoms with van der Waals surface area (Å²) in [6.45, 7) is 26.9. The van der Waals surface area contributed by atoms with E-state index in [0.29, 0.717) is 11.8 Å². The van der Waals surface area contributed by atoms with Crippen LogP contribution < -0.4 is 0 Å². The topological polar surface area (TPSA) is 117 Å². The average Bonchev–Trinajstić information content (AvgIpc) is 1.17. The Morgan fingerprint density at radius 2 is 0.488 bits per heavy atom. The molecule has 127 heavy (non-hydrogen) atoms. The van der Waals surface area contributed by atoms with Gasteiger partial charge in [-0.1, -0.05) is 305 Å². The SMILES string of the molecule is CC(C)(C)c1ccc2c(c1)c1cc(C(C)(C)C)ccc1c1nc(-c3cccc(-c4ccc5oc6ccccc6c5c4)c3)cnc21.CC(C)c1ccc2c(c1)c1cc(C(C)C)ccc1c1nc(-c3cccc(-c4ccc5oc6ccccc6c5c4)c3)cnc21.Cc1ccc2c(c1)c1cc(C)ccc1c1nc(-c3cccc(-c4ccc5oc6ccccc6c5c4)c3)cnc21. The van der Waals surface area contributed by atoms with Crippen LogP contribution in [0.2, 0.25) is 0 Å². The van der Waals surface area contributed by atoms with E-state index in [0.717, 1.165) is 198 Å². The fourth-order valence-corrected chi connectivity index (χ4v) is 18.8. The van der Waals surface area contributed by atoms with Crippen LogP contribution in [0.1, 0.15) is 114 Å². The summed E-state index contributed by atoms with van der Waals surface area (Å²) in [5.41, 5.74) is 31.6. The van der Waals surface area contributed by atoms with Crippen LogP contribution in [-0.4, -0.2) is 29.9 Å². The maximum absolute atomic E-state index is 6.07. The second kappa shape index (κ2) is 30.4. The first-order valence-electron chi connectivity index (χ1n) is 44.1. The van der Waals surface area contributed by atoms with Gasteiger partial charge in [-0.05, 0) is 209 Å². The van der Waals surface area contributed by atoms with Gasteiger partial charge in [-0.3, -0.25) is 15.0 Å². The Morgan fingerprint density at radius 3 is 0.819 bits per heavy atom. The number of benzene rings is 18. The molecule has 24 aromatic rings. The van der Waals surface area contributed by atoms with Gasteiger partial charge >= 0.3 is 0 Å². The molecular formula is C118H92N6O3. The molecule has 9 heteroatoms. The Kier molecular flexibility index (Phi) is 18.7. The third-order valence-electron chi connectivity index (χ3n) is 25.9. The van der Waals surface area contributed by atoms with Crippen molar-refractivity contribution < 1.29 is 13.3 Å².